The average molecular weight is 543 g/mol. The van der Waals surface area contributed by atoms with Crippen molar-refractivity contribution in [2.24, 2.45) is 5.92 Å². The number of phenolic OH excluding ortho intramolecular Hbond substituents is 3. The molecule has 0 heterocycles. The fourth-order valence-electron chi connectivity index (χ4n) is 4.87. The molecule has 0 saturated heterocycles. The fourth-order valence-corrected chi connectivity index (χ4v) is 4.87. The highest BCUT2D eigenvalue weighted by Crippen LogP contribution is 2.58. The second-order valence-electron chi connectivity index (χ2n) is 8.86. The first kappa shape index (κ1) is 29.2. The normalized spacial score (nSPS) is 11.0. The van der Waals surface area contributed by atoms with Crippen LogP contribution in [0.5, 0.6) is 40.2 Å². The van der Waals surface area contributed by atoms with Gasteiger partial charge in [0, 0.05) is 17.4 Å². The minimum absolute atomic E-state index is 0.00101. The molecule has 0 aliphatic rings. The number of hydrogen-bond donors (Lipinski definition) is 3. The zero-order chi connectivity index (χ0) is 29.0. The van der Waals surface area contributed by atoms with Crippen molar-refractivity contribution in [3.8, 4) is 51.4 Å². The van der Waals surface area contributed by atoms with Gasteiger partial charge in [0.05, 0.1) is 52.1 Å². The van der Waals surface area contributed by atoms with E-state index in [0.717, 1.165) is 7.11 Å². The molecule has 0 atom stereocenters. The summed E-state index contributed by atoms with van der Waals surface area (Å²) in [6.07, 6.45) is 1.49. The van der Waals surface area contributed by atoms with E-state index in [9.17, 15) is 24.9 Å². The number of ketones is 1. The molecule has 0 radical (unpaired) electrons. The number of aromatic hydroxyl groups is 3. The van der Waals surface area contributed by atoms with E-state index in [2.05, 4.69) is 0 Å². The predicted octanol–water partition coefficient (Wildman–Crippen LogP) is 5.45. The molecule has 3 N–H and O–H groups in total. The van der Waals surface area contributed by atoms with Gasteiger partial charge >= 0.3 is 5.97 Å². The zero-order valence-corrected chi connectivity index (χ0v) is 23.1. The van der Waals surface area contributed by atoms with Crippen LogP contribution in [-0.4, -0.2) is 62.6 Å². The Kier molecular flexibility index (Phi) is 9.00. The van der Waals surface area contributed by atoms with Gasteiger partial charge in [-0.05, 0) is 23.6 Å². The van der Waals surface area contributed by atoms with Gasteiger partial charge in [0.25, 0.3) is 0 Å². The number of hydrogen-bond acceptors (Lipinski definition) is 10. The predicted molar refractivity (Wildman–Crippen MR) is 145 cm³/mol. The molecule has 0 aliphatic carbocycles. The number of Topliss-reactive ketones (excluding diaryl/α,β-unsaturated/α-hetero) is 1. The van der Waals surface area contributed by atoms with Crippen LogP contribution in [0.4, 0.5) is 0 Å². The van der Waals surface area contributed by atoms with E-state index < -0.39 is 29.0 Å². The lowest BCUT2D eigenvalue weighted by molar-refractivity contribution is 0.0597. The standard InChI is InChI=1S/C29H34O10/c1-8-14(9-2)12-18(32)20-22(29(34)39-7)19(15-10-11-16(30)17(31)13-15)21-23(24(20)33)26(36-4)28(38-6)27(37-5)25(21)35-3/h10-11,13-14,30-31,33H,8-9,12H2,1-7H3. The van der Waals surface area contributed by atoms with Gasteiger partial charge in [-0.15, -0.1) is 0 Å². The highest BCUT2D eigenvalue weighted by molar-refractivity contribution is 6.23. The molecule has 10 nitrogen and oxygen atoms in total. The first-order valence-electron chi connectivity index (χ1n) is 12.4. The molecule has 210 valence electrons. The Morgan fingerprint density at radius 1 is 0.744 bits per heavy atom. The van der Waals surface area contributed by atoms with Gasteiger partial charge in [-0.1, -0.05) is 32.8 Å². The maximum Gasteiger partial charge on any atom is 0.339 e. The van der Waals surface area contributed by atoms with Gasteiger partial charge in [-0.25, -0.2) is 4.79 Å². The van der Waals surface area contributed by atoms with Crippen LogP contribution in [0, 0.1) is 5.92 Å². The Morgan fingerprint density at radius 2 is 1.28 bits per heavy atom. The summed E-state index contributed by atoms with van der Waals surface area (Å²) in [5.74, 6) is -2.50. The Hall–Kier alpha value is -4.34. The molecule has 0 fully saturated rings. The summed E-state index contributed by atoms with van der Waals surface area (Å²) < 4.78 is 27.6. The topological polar surface area (TPSA) is 141 Å². The maximum absolute atomic E-state index is 13.8. The molecule has 0 saturated carbocycles. The lowest BCUT2D eigenvalue weighted by atomic mass is 9.83. The van der Waals surface area contributed by atoms with Gasteiger partial charge in [0.1, 0.15) is 5.75 Å². The Balaban J connectivity index is 2.75. The summed E-state index contributed by atoms with van der Waals surface area (Å²) in [6.45, 7) is 3.91. The van der Waals surface area contributed by atoms with Crippen LogP contribution in [0.2, 0.25) is 0 Å². The smallest absolute Gasteiger partial charge is 0.339 e. The average Bonchev–Trinajstić information content (AvgIpc) is 2.94. The third-order valence-corrected chi connectivity index (χ3v) is 6.92. The Labute approximate surface area is 226 Å². The van der Waals surface area contributed by atoms with Crippen molar-refractivity contribution in [1.29, 1.82) is 0 Å². The number of ether oxygens (including phenoxy) is 5. The number of carbonyl (C=O) groups is 2. The van der Waals surface area contributed by atoms with E-state index >= 15 is 0 Å². The van der Waals surface area contributed by atoms with Gasteiger partial charge in [0.2, 0.25) is 11.5 Å². The van der Waals surface area contributed by atoms with Crippen LogP contribution < -0.4 is 18.9 Å². The Morgan fingerprint density at radius 3 is 1.74 bits per heavy atom. The molecule has 0 spiro atoms. The summed E-state index contributed by atoms with van der Waals surface area (Å²) in [5, 5.41) is 32.2. The molecule has 39 heavy (non-hydrogen) atoms. The summed E-state index contributed by atoms with van der Waals surface area (Å²) in [4.78, 5) is 27.2. The number of rotatable bonds is 11. The summed E-state index contributed by atoms with van der Waals surface area (Å²) in [6, 6.07) is 3.91. The monoisotopic (exact) mass is 542 g/mol. The van der Waals surface area contributed by atoms with E-state index in [1.807, 2.05) is 13.8 Å². The lowest BCUT2D eigenvalue weighted by Crippen LogP contribution is -2.16. The van der Waals surface area contributed by atoms with E-state index in [0.29, 0.717) is 12.8 Å². The third-order valence-electron chi connectivity index (χ3n) is 6.92. The summed E-state index contributed by atoms with van der Waals surface area (Å²) in [7, 11) is 6.63. The van der Waals surface area contributed by atoms with Crippen molar-refractivity contribution in [1.82, 2.24) is 0 Å². The molecule has 0 amide bonds. The highest BCUT2D eigenvalue weighted by atomic mass is 16.5. The molecule has 0 bridgehead atoms. The van der Waals surface area contributed by atoms with Crippen molar-refractivity contribution >= 4 is 22.5 Å². The summed E-state index contributed by atoms with van der Waals surface area (Å²) >= 11 is 0. The fraction of sp³-hybridized carbons (Fsp3) is 0.379. The third kappa shape index (κ3) is 4.94. The zero-order valence-electron chi connectivity index (χ0n) is 23.1. The van der Waals surface area contributed by atoms with Crippen molar-refractivity contribution in [3.05, 3.63) is 29.3 Å². The van der Waals surface area contributed by atoms with E-state index in [4.69, 9.17) is 23.7 Å². The van der Waals surface area contributed by atoms with Crippen molar-refractivity contribution in [2.45, 2.75) is 33.1 Å². The first-order chi connectivity index (χ1) is 18.6. The highest BCUT2D eigenvalue weighted by Gasteiger charge is 2.36. The van der Waals surface area contributed by atoms with Crippen LogP contribution in [0.3, 0.4) is 0 Å². The van der Waals surface area contributed by atoms with Gasteiger partial charge in [-0.3, -0.25) is 4.79 Å². The van der Waals surface area contributed by atoms with E-state index in [-0.39, 0.29) is 68.4 Å². The van der Waals surface area contributed by atoms with Gasteiger partial charge in [-0.2, -0.15) is 0 Å². The number of phenols is 3. The van der Waals surface area contributed by atoms with Crippen molar-refractivity contribution < 1.29 is 48.6 Å². The number of carbonyl (C=O) groups excluding carboxylic acids is 2. The van der Waals surface area contributed by atoms with Crippen molar-refractivity contribution in [3.63, 3.8) is 0 Å². The molecule has 0 unspecified atom stereocenters. The Bertz CT molecular complexity index is 1410. The first-order valence-corrected chi connectivity index (χ1v) is 12.4. The van der Waals surface area contributed by atoms with Crippen LogP contribution in [0.15, 0.2) is 18.2 Å². The number of methoxy groups -OCH3 is 5. The lowest BCUT2D eigenvalue weighted by Gasteiger charge is -2.24. The van der Waals surface area contributed by atoms with Crippen LogP contribution in [0.1, 0.15) is 53.8 Å². The molecule has 3 rings (SSSR count). The van der Waals surface area contributed by atoms with Crippen LogP contribution >= 0.6 is 0 Å². The van der Waals surface area contributed by atoms with Gasteiger partial charge < -0.3 is 39.0 Å². The molecule has 3 aromatic carbocycles. The number of esters is 1. The molecular formula is C29H34O10. The second-order valence-corrected chi connectivity index (χ2v) is 8.86. The SMILES string of the molecule is CCC(CC)CC(=O)c1c(C(=O)OC)c(-c2ccc(O)c(O)c2)c2c(OC)c(OC)c(OC)c(OC)c2c1O. The summed E-state index contributed by atoms with van der Waals surface area (Å²) in [5.41, 5.74) is -0.193. The molecule has 3 aromatic rings. The van der Waals surface area contributed by atoms with E-state index in [1.54, 1.807) is 0 Å². The van der Waals surface area contributed by atoms with E-state index in [1.165, 1.54) is 46.6 Å². The molecule has 0 aliphatic heterocycles. The van der Waals surface area contributed by atoms with Crippen LogP contribution in [0.25, 0.3) is 21.9 Å². The molecule has 0 aromatic heterocycles. The quantitative estimate of drug-likeness (QED) is 0.163. The molecular weight excluding hydrogens is 508 g/mol. The van der Waals surface area contributed by atoms with Crippen LogP contribution in [-0.2, 0) is 4.74 Å². The minimum atomic E-state index is -0.904. The minimum Gasteiger partial charge on any atom is -0.506 e. The van der Waals surface area contributed by atoms with Gasteiger partial charge in [0.15, 0.2) is 28.8 Å². The largest absolute Gasteiger partial charge is 0.506 e. The maximum atomic E-state index is 13.8. The second kappa shape index (κ2) is 12.0. The molecule has 10 heteroatoms. The number of fused-ring (bicyclic) bond motifs is 1. The van der Waals surface area contributed by atoms with Crippen molar-refractivity contribution in [2.75, 3.05) is 35.5 Å². The number of benzene rings is 3.